The number of halogens is 1. The molecule has 1 heterocycles. The van der Waals surface area contributed by atoms with Crippen LogP contribution >= 0.6 is 23.8 Å². The average Bonchev–Trinajstić information content (AvgIpc) is 2.87. The van der Waals surface area contributed by atoms with Crippen molar-refractivity contribution in [1.82, 2.24) is 5.43 Å². The van der Waals surface area contributed by atoms with Gasteiger partial charge in [-0.3, -0.25) is 5.43 Å². The number of hydrazone groups is 1. The fourth-order valence-electron chi connectivity index (χ4n) is 3.61. The molecule has 23 heavy (non-hydrogen) atoms. The van der Waals surface area contributed by atoms with Crippen LogP contribution in [-0.2, 0) is 6.42 Å². The number of alkyl halides is 1. The normalized spacial score (nSPS) is 27.2. The maximum absolute atomic E-state index is 6.24. The van der Waals surface area contributed by atoms with Gasteiger partial charge in [-0.05, 0) is 61.9 Å². The molecule has 0 radical (unpaired) electrons. The number of benzene rings is 1. The third kappa shape index (κ3) is 4.15. The molecule has 1 fully saturated rings. The SMILES string of the molecule is NC(=S)N/N=C/[C@@H]1Cc2ccccc2N1CC1CCC(Cl)CC1. The van der Waals surface area contributed by atoms with Crippen molar-refractivity contribution in [2.45, 2.75) is 43.5 Å². The molecule has 2 aliphatic rings. The quantitative estimate of drug-likeness (QED) is 0.379. The minimum Gasteiger partial charge on any atom is -0.375 e. The Bertz CT molecular complexity index is 584. The van der Waals surface area contributed by atoms with Crippen molar-refractivity contribution in [3.05, 3.63) is 29.8 Å². The molecule has 0 amide bonds. The summed E-state index contributed by atoms with van der Waals surface area (Å²) in [4.78, 5) is 2.47. The van der Waals surface area contributed by atoms with E-state index in [1.807, 2.05) is 6.21 Å². The molecule has 0 bridgehead atoms. The van der Waals surface area contributed by atoms with Crippen LogP contribution in [0.1, 0.15) is 31.2 Å². The van der Waals surface area contributed by atoms with Crippen LogP contribution in [0, 0.1) is 5.92 Å². The van der Waals surface area contributed by atoms with Crippen LogP contribution in [0.2, 0.25) is 0 Å². The molecule has 1 saturated carbocycles. The van der Waals surface area contributed by atoms with Gasteiger partial charge in [0, 0.05) is 23.8 Å². The molecule has 4 nitrogen and oxygen atoms in total. The van der Waals surface area contributed by atoms with E-state index >= 15 is 0 Å². The third-order valence-electron chi connectivity index (χ3n) is 4.78. The van der Waals surface area contributed by atoms with Crippen LogP contribution in [0.5, 0.6) is 0 Å². The number of para-hydroxylation sites is 1. The summed E-state index contributed by atoms with van der Waals surface area (Å²) in [6, 6.07) is 8.86. The van der Waals surface area contributed by atoms with Crippen molar-refractivity contribution >= 4 is 40.8 Å². The van der Waals surface area contributed by atoms with Crippen molar-refractivity contribution in [2.75, 3.05) is 11.4 Å². The standard InChI is InChI=1S/C17H23ClN4S/c18-14-7-5-12(6-8-14)11-22-15(10-20-21-17(19)23)9-13-3-1-2-4-16(13)22/h1-4,10,12,14-15H,5-9,11H2,(H3,19,21,23)/b20-10+/t12?,14?,15-/m0/s1. The van der Waals surface area contributed by atoms with E-state index in [0.717, 1.165) is 25.8 Å². The molecule has 1 aliphatic heterocycles. The molecular formula is C17H23ClN4S. The van der Waals surface area contributed by atoms with Gasteiger partial charge in [-0.1, -0.05) is 18.2 Å². The van der Waals surface area contributed by atoms with Crippen LogP contribution in [0.15, 0.2) is 29.4 Å². The summed E-state index contributed by atoms with van der Waals surface area (Å²) in [5, 5.41) is 4.75. The average molecular weight is 351 g/mol. The Hall–Kier alpha value is -1.33. The first kappa shape index (κ1) is 16.5. The molecule has 124 valence electrons. The number of anilines is 1. The lowest BCUT2D eigenvalue weighted by Gasteiger charge is -2.32. The second-order valence-corrected chi connectivity index (χ2v) is 7.48. The second kappa shape index (κ2) is 7.49. The van der Waals surface area contributed by atoms with Crippen LogP contribution < -0.4 is 16.1 Å². The minimum absolute atomic E-state index is 0.198. The first-order chi connectivity index (χ1) is 11.1. The minimum atomic E-state index is 0.198. The predicted octanol–water partition coefficient (Wildman–Crippen LogP) is 3.03. The lowest BCUT2D eigenvalue weighted by Crippen LogP contribution is -2.39. The Balaban J connectivity index is 1.72. The number of fused-ring (bicyclic) bond motifs is 1. The molecule has 1 aromatic carbocycles. The van der Waals surface area contributed by atoms with Gasteiger partial charge in [-0.25, -0.2) is 0 Å². The predicted molar refractivity (Wildman–Crippen MR) is 101 cm³/mol. The highest BCUT2D eigenvalue weighted by Crippen LogP contribution is 2.35. The number of nitrogens with zero attached hydrogens (tertiary/aromatic N) is 2. The van der Waals surface area contributed by atoms with Gasteiger partial charge in [0.05, 0.1) is 6.04 Å². The van der Waals surface area contributed by atoms with Crippen molar-refractivity contribution < 1.29 is 0 Å². The molecular weight excluding hydrogens is 328 g/mol. The highest BCUT2D eigenvalue weighted by atomic mass is 35.5. The van der Waals surface area contributed by atoms with E-state index in [9.17, 15) is 0 Å². The van der Waals surface area contributed by atoms with Crippen LogP contribution in [0.4, 0.5) is 5.69 Å². The van der Waals surface area contributed by atoms with Crippen LogP contribution in [-0.4, -0.2) is 29.3 Å². The lowest BCUT2D eigenvalue weighted by atomic mass is 9.88. The smallest absolute Gasteiger partial charge is 0.184 e. The van der Waals surface area contributed by atoms with Gasteiger partial charge in [0.1, 0.15) is 0 Å². The van der Waals surface area contributed by atoms with Crippen molar-refractivity contribution in [3.8, 4) is 0 Å². The summed E-state index contributed by atoms with van der Waals surface area (Å²) in [6.45, 7) is 1.06. The molecule has 0 aromatic heterocycles. The van der Waals surface area contributed by atoms with Crippen molar-refractivity contribution in [1.29, 1.82) is 0 Å². The van der Waals surface area contributed by atoms with Gasteiger partial charge < -0.3 is 10.6 Å². The topological polar surface area (TPSA) is 53.6 Å². The summed E-state index contributed by atoms with van der Waals surface area (Å²) in [5.74, 6) is 0.704. The number of nitrogens with two attached hydrogens (primary N) is 1. The van der Waals surface area contributed by atoms with E-state index in [1.165, 1.54) is 24.1 Å². The zero-order valence-corrected chi connectivity index (χ0v) is 14.7. The van der Waals surface area contributed by atoms with Gasteiger partial charge in [-0.2, -0.15) is 5.10 Å². The maximum Gasteiger partial charge on any atom is 0.184 e. The van der Waals surface area contributed by atoms with Gasteiger partial charge in [0.25, 0.3) is 0 Å². The molecule has 1 atom stereocenters. The second-order valence-electron chi connectivity index (χ2n) is 6.42. The van der Waals surface area contributed by atoms with Gasteiger partial charge in [0.15, 0.2) is 5.11 Å². The summed E-state index contributed by atoms with van der Waals surface area (Å²) in [5.41, 5.74) is 10.8. The number of thiocarbonyl (C=S) groups is 1. The van der Waals surface area contributed by atoms with Crippen molar-refractivity contribution in [2.24, 2.45) is 16.8 Å². The monoisotopic (exact) mass is 350 g/mol. The Kier molecular flexibility index (Phi) is 5.38. The van der Waals surface area contributed by atoms with Gasteiger partial charge in [-0.15, -0.1) is 11.6 Å². The molecule has 3 N–H and O–H groups in total. The third-order valence-corrected chi connectivity index (χ3v) is 5.31. The number of rotatable bonds is 4. The number of hydrogen-bond acceptors (Lipinski definition) is 3. The maximum atomic E-state index is 6.24. The summed E-state index contributed by atoms with van der Waals surface area (Å²) >= 11 is 11.0. The van der Waals surface area contributed by atoms with E-state index in [1.54, 1.807) is 0 Å². The molecule has 0 unspecified atom stereocenters. The first-order valence-corrected chi connectivity index (χ1v) is 9.05. The summed E-state index contributed by atoms with van der Waals surface area (Å²) in [6.07, 6.45) is 7.58. The zero-order valence-electron chi connectivity index (χ0n) is 13.1. The Morgan fingerprint density at radius 3 is 2.83 bits per heavy atom. The van der Waals surface area contributed by atoms with Crippen molar-refractivity contribution in [3.63, 3.8) is 0 Å². The van der Waals surface area contributed by atoms with E-state index in [0.29, 0.717) is 11.3 Å². The molecule has 0 spiro atoms. The molecule has 6 heteroatoms. The Morgan fingerprint density at radius 2 is 2.09 bits per heavy atom. The largest absolute Gasteiger partial charge is 0.375 e. The Morgan fingerprint density at radius 1 is 1.35 bits per heavy atom. The zero-order chi connectivity index (χ0) is 16.2. The fourth-order valence-corrected chi connectivity index (χ4v) is 3.92. The van der Waals surface area contributed by atoms with Gasteiger partial charge in [0.2, 0.25) is 0 Å². The van der Waals surface area contributed by atoms with E-state index < -0.39 is 0 Å². The molecule has 3 rings (SSSR count). The highest BCUT2D eigenvalue weighted by molar-refractivity contribution is 7.80. The van der Waals surface area contributed by atoms with E-state index in [-0.39, 0.29) is 11.2 Å². The molecule has 0 saturated heterocycles. The van der Waals surface area contributed by atoms with Crippen LogP contribution in [0.25, 0.3) is 0 Å². The van der Waals surface area contributed by atoms with E-state index in [4.69, 9.17) is 29.6 Å². The van der Waals surface area contributed by atoms with E-state index in [2.05, 4.69) is 39.7 Å². The number of hydrogen-bond donors (Lipinski definition) is 2. The lowest BCUT2D eigenvalue weighted by molar-refractivity contribution is 0.361. The van der Waals surface area contributed by atoms with Gasteiger partial charge >= 0.3 is 0 Å². The number of nitrogens with one attached hydrogen (secondary N) is 1. The summed E-state index contributed by atoms with van der Waals surface area (Å²) < 4.78 is 0. The Labute approximate surface area is 148 Å². The highest BCUT2D eigenvalue weighted by Gasteiger charge is 2.31. The molecule has 1 aliphatic carbocycles. The molecule has 1 aromatic rings. The fraction of sp³-hybridized carbons (Fsp3) is 0.529. The van der Waals surface area contributed by atoms with Crippen LogP contribution in [0.3, 0.4) is 0 Å². The summed E-state index contributed by atoms with van der Waals surface area (Å²) in [7, 11) is 0. The first-order valence-electron chi connectivity index (χ1n) is 8.20.